The minimum atomic E-state index is -1.77. The van der Waals surface area contributed by atoms with Gasteiger partial charge in [0.2, 0.25) is 35.4 Å². The lowest BCUT2D eigenvalue weighted by molar-refractivity contribution is -0.142. The van der Waals surface area contributed by atoms with Gasteiger partial charge in [-0.05, 0) is 45.4 Å². The summed E-state index contributed by atoms with van der Waals surface area (Å²) in [5.74, 6) is -7.73. The molecule has 64 heavy (non-hydrogen) atoms. The van der Waals surface area contributed by atoms with E-state index in [0.29, 0.717) is 11.4 Å². The maximum Gasteiger partial charge on any atom is 0.326 e. The number of nitrogens with one attached hydrogen (secondary N) is 8. The summed E-state index contributed by atoms with van der Waals surface area (Å²) >= 11 is 0. The van der Waals surface area contributed by atoms with E-state index in [4.69, 9.17) is 28.7 Å². The molecule has 0 unspecified atom stereocenters. The van der Waals surface area contributed by atoms with E-state index in [1.165, 1.54) is 38.9 Å². The van der Waals surface area contributed by atoms with Crippen LogP contribution in [0.4, 0.5) is 0 Å². The zero-order valence-corrected chi connectivity index (χ0v) is 36.1. The van der Waals surface area contributed by atoms with Crippen molar-refractivity contribution >= 4 is 53.3 Å². The molecule has 2 rings (SSSR count). The zero-order chi connectivity index (χ0) is 48.1. The molecule has 0 saturated heterocycles. The largest absolute Gasteiger partial charge is 0.480 e. The summed E-state index contributed by atoms with van der Waals surface area (Å²) in [6.45, 7) is 5.91. The Hall–Kier alpha value is -6.87. The number of guanidine groups is 2. The van der Waals surface area contributed by atoms with Crippen LogP contribution in [-0.2, 0) is 46.4 Å². The number of aromatic amines is 2. The maximum absolute atomic E-state index is 14.0. The Morgan fingerprint density at radius 1 is 0.594 bits per heavy atom. The molecule has 0 spiro atoms. The zero-order valence-electron chi connectivity index (χ0n) is 36.1. The average molecular weight is 906 g/mol. The SMILES string of the molecule is CC(C)[C@H](N)C(=O)N[C@H](C(=O)N[C@@H](Cc1cnc[nH]1)C(=O)N[C@H](C(=O)N[C@@H](Cc1cnc[nH]1)C(=O)N[C@@H](CCCN=C(N)N)C(=O)N[C@@H](CCCN=C(N)N)C(=O)O)[C@@H](C)O)[C@@H](C)O. The number of imidazole rings is 2. The summed E-state index contributed by atoms with van der Waals surface area (Å²) in [5, 5.41) is 45.7. The first-order chi connectivity index (χ1) is 30.1. The Balaban J connectivity index is 2.40. The monoisotopic (exact) mass is 905 g/mol. The highest BCUT2D eigenvalue weighted by molar-refractivity contribution is 5.97. The highest BCUT2D eigenvalue weighted by atomic mass is 16.4. The van der Waals surface area contributed by atoms with E-state index in [-0.39, 0.29) is 69.5 Å². The molecule has 0 aliphatic rings. The van der Waals surface area contributed by atoms with Crippen molar-refractivity contribution in [2.45, 2.75) is 121 Å². The number of amides is 6. The predicted molar refractivity (Wildman–Crippen MR) is 230 cm³/mol. The summed E-state index contributed by atoms with van der Waals surface area (Å²) in [7, 11) is 0. The number of carbonyl (C=O) groups excluding carboxylic acids is 6. The number of hydrogen-bond acceptors (Lipinski definition) is 14. The number of aromatic nitrogens is 4. The molecule has 2 aromatic rings. The Morgan fingerprint density at radius 2 is 0.969 bits per heavy atom. The number of nitrogens with two attached hydrogens (primary N) is 5. The van der Waals surface area contributed by atoms with Crippen LogP contribution in [0.2, 0.25) is 0 Å². The number of carboxylic acids is 1. The normalized spacial score (nSPS) is 15.3. The first-order valence-electron chi connectivity index (χ1n) is 20.3. The lowest BCUT2D eigenvalue weighted by Gasteiger charge is -2.29. The van der Waals surface area contributed by atoms with Gasteiger partial charge in [-0.25, -0.2) is 14.8 Å². The molecule has 356 valence electrons. The van der Waals surface area contributed by atoms with E-state index in [2.05, 4.69) is 61.8 Å². The Morgan fingerprint density at radius 3 is 1.34 bits per heavy atom. The predicted octanol–water partition coefficient (Wildman–Crippen LogP) is -6.24. The number of aliphatic hydroxyl groups is 2. The third-order valence-corrected chi connectivity index (χ3v) is 9.51. The van der Waals surface area contributed by atoms with Crippen molar-refractivity contribution in [2.24, 2.45) is 44.6 Å². The molecule has 0 aliphatic carbocycles. The van der Waals surface area contributed by atoms with Crippen molar-refractivity contribution < 1.29 is 48.9 Å². The van der Waals surface area contributed by atoms with Crippen molar-refractivity contribution in [3.05, 3.63) is 36.4 Å². The van der Waals surface area contributed by atoms with E-state index < -0.39 is 95.9 Å². The molecular weight excluding hydrogens is 843 g/mol. The van der Waals surface area contributed by atoms with Gasteiger partial charge >= 0.3 is 5.97 Å². The topological polar surface area (TPSA) is 465 Å². The average Bonchev–Trinajstić information content (AvgIpc) is 3.94. The molecular formula is C37H63N17O10. The van der Waals surface area contributed by atoms with Crippen LogP contribution < -0.4 is 60.6 Å². The highest BCUT2D eigenvalue weighted by Crippen LogP contribution is 2.09. The van der Waals surface area contributed by atoms with Gasteiger partial charge in [-0.3, -0.25) is 38.8 Å². The molecule has 2 aromatic heterocycles. The van der Waals surface area contributed by atoms with Crippen LogP contribution in [0.5, 0.6) is 0 Å². The van der Waals surface area contributed by atoms with Gasteiger partial charge in [0.05, 0.1) is 30.9 Å². The lowest BCUT2D eigenvalue weighted by atomic mass is 10.0. The smallest absolute Gasteiger partial charge is 0.326 e. The third-order valence-electron chi connectivity index (χ3n) is 9.51. The summed E-state index contributed by atoms with van der Waals surface area (Å²) < 4.78 is 0. The fourth-order valence-corrected chi connectivity index (χ4v) is 5.87. The first-order valence-corrected chi connectivity index (χ1v) is 20.3. The Labute approximate surface area is 368 Å². The van der Waals surface area contributed by atoms with Crippen LogP contribution in [0.3, 0.4) is 0 Å². The second-order valence-electron chi connectivity index (χ2n) is 15.3. The number of aliphatic hydroxyl groups excluding tert-OH is 2. The van der Waals surface area contributed by atoms with Gasteiger partial charge in [0.25, 0.3) is 0 Å². The number of carboxylic acid groups (broad SMARTS) is 1. The van der Waals surface area contributed by atoms with Gasteiger partial charge in [-0.2, -0.15) is 0 Å². The number of nitrogens with zero attached hydrogens (tertiary/aromatic N) is 4. The standard InChI is InChI=1S/C37H63N17O10/c1-17(2)26(38)32(60)54-28(19(4)56)34(62)52-25(12-21-14-44-16-48-21)31(59)53-27(18(3)55)33(61)51-24(11-20-13-43-15-47-20)30(58)49-22(7-5-9-45-36(39)40)29(57)50-23(35(63)64)8-6-10-46-37(41)42/h13-19,22-28,55-56H,5-12,38H2,1-4H3,(H,43,47)(H,44,48)(H,49,58)(H,50,57)(H,51,61)(H,52,62)(H,53,59)(H,54,60)(H,63,64)(H4,39,40,45)(H4,41,42,46)/t18-,19-,22+,23+,24+,25+,26+,27+,28+/m1/s1. The number of aliphatic carboxylic acids is 1. The van der Waals surface area contributed by atoms with E-state index in [0.717, 1.165) is 0 Å². The van der Waals surface area contributed by atoms with Gasteiger partial charge in [0, 0.05) is 49.7 Å². The molecule has 0 radical (unpaired) electrons. The van der Waals surface area contributed by atoms with Crippen molar-refractivity contribution in [3.63, 3.8) is 0 Å². The van der Waals surface area contributed by atoms with Crippen LogP contribution in [-0.4, -0.2) is 156 Å². The first kappa shape index (κ1) is 53.3. The second-order valence-corrected chi connectivity index (χ2v) is 15.3. The number of hydrogen-bond donors (Lipinski definition) is 16. The number of rotatable bonds is 28. The molecule has 27 nitrogen and oxygen atoms in total. The van der Waals surface area contributed by atoms with Crippen LogP contribution in [0.1, 0.15) is 64.8 Å². The third kappa shape index (κ3) is 18.6. The van der Waals surface area contributed by atoms with E-state index >= 15 is 0 Å². The summed E-state index contributed by atoms with van der Waals surface area (Å²) in [6, 6.07) is -10.2. The molecule has 27 heteroatoms. The molecule has 0 bridgehead atoms. The van der Waals surface area contributed by atoms with Crippen LogP contribution in [0.15, 0.2) is 35.0 Å². The quantitative estimate of drug-likeness (QED) is 0.0215. The molecule has 6 amide bonds. The Kier molecular flexibility index (Phi) is 22.1. The molecule has 0 aromatic carbocycles. The minimum Gasteiger partial charge on any atom is -0.480 e. The Bertz CT molecular complexity index is 1880. The van der Waals surface area contributed by atoms with E-state index in [9.17, 15) is 48.9 Å². The fraction of sp³-hybridized carbons (Fsp3) is 0.595. The van der Waals surface area contributed by atoms with Gasteiger partial charge in [0.1, 0.15) is 36.3 Å². The van der Waals surface area contributed by atoms with Crippen molar-refractivity contribution in [3.8, 4) is 0 Å². The second kappa shape index (κ2) is 26.6. The molecule has 2 heterocycles. The summed E-state index contributed by atoms with van der Waals surface area (Å²) in [6.07, 6.45) is 1.94. The van der Waals surface area contributed by atoms with Gasteiger partial charge in [0.15, 0.2) is 11.9 Å². The van der Waals surface area contributed by atoms with Crippen molar-refractivity contribution in [2.75, 3.05) is 13.1 Å². The number of H-pyrrole nitrogens is 2. The molecule has 0 saturated carbocycles. The summed E-state index contributed by atoms with van der Waals surface area (Å²) in [5.41, 5.74) is 28.1. The maximum atomic E-state index is 14.0. The van der Waals surface area contributed by atoms with E-state index in [1.54, 1.807) is 13.8 Å². The molecule has 21 N–H and O–H groups in total. The molecule has 0 fully saturated rings. The number of carbonyl (C=O) groups is 7. The molecule has 9 atom stereocenters. The van der Waals surface area contributed by atoms with Crippen LogP contribution in [0.25, 0.3) is 0 Å². The number of aliphatic imine (C=N–C) groups is 2. The van der Waals surface area contributed by atoms with Gasteiger partial charge < -0.3 is 85.9 Å². The van der Waals surface area contributed by atoms with Crippen molar-refractivity contribution in [1.29, 1.82) is 0 Å². The van der Waals surface area contributed by atoms with Crippen LogP contribution >= 0.6 is 0 Å². The highest BCUT2D eigenvalue weighted by Gasteiger charge is 2.36. The lowest BCUT2D eigenvalue weighted by Crippen LogP contribution is -2.63. The summed E-state index contributed by atoms with van der Waals surface area (Å²) in [4.78, 5) is 115. The van der Waals surface area contributed by atoms with Crippen LogP contribution in [0, 0.1) is 5.92 Å². The van der Waals surface area contributed by atoms with E-state index in [1.807, 2.05) is 0 Å². The van der Waals surface area contributed by atoms with Gasteiger partial charge in [-0.1, -0.05) is 13.8 Å². The van der Waals surface area contributed by atoms with Crippen molar-refractivity contribution in [1.82, 2.24) is 51.8 Å². The minimum absolute atomic E-state index is 0.0371. The van der Waals surface area contributed by atoms with Gasteiger partial charge in [-0.15, -0.1) is 0 Å². The fourth-order valence-electron chi connectivity index (χ4n) is 5.87. The molecule has 0 aliphatic heterocycles.